The number of carbonyl (C=O) groups excluding carboxylic acids is 2. The Morgan fingerprint density at radius 2 is 1.82 bits per heavy atom. The maximum atomic E-state index is 12.8. The molecule has 6 heteroatoms. The molecule has 0 radical (unpaired) electrons. The lowest BCUT2D eigenvalue weighted by Crippen LogP contribution is -2.25. The Morgan fingerprint density at radius 1 is 1.12 bits per heavy atom. The summed E-state index contributed by atoms with van der Waals surface area (Å²) in [5.74, 6) is -0.447. The molecule has 0 atom stereocenters. The van der Waals surface area contributed by atoms with Crippen molar-refractivity contribution in [2.45, 2.75) is 48.0 Å². The normalized spacial score (nSPS) is 12.8. The summed E-state index contributed by atoms with van der Waals surface area (Å²) in [5, 5.41) is 5.53. The molecule has 1 aromatic rings. The Labute approximate surface area is 206 Å². The summed E-state index contributed by atoms with van der Waals surface area (Å²) in [6.45, 7) is 19.9. The minimum absolute atomic E-state index is 0.406. The highest BCUT2D eigenvalue weighted by Crippen LogP contribution is 2.25. The topological polar surface area (TPSA) is 64.7 Å². The first kappa shape index (κ1) is 28.9. The number of hydrogen-bond donors (Lipinski definition) is 2. The highest BCUT2D eigenvalue weighted by molar-refractivity contribution is 6.22. The van der Waals surface area contributed by atoms with Crippen molar-refractivity contribution < 1.29 is 9.59 Å². The van der Waals surface area contributed by atoms with Gasteiger partial charge in [0.15, 0.2) is 0 Å². The highest BCUT2D eigenvalue weighted by Gasteiger charge is 2.16. The van der Waals surface area contributed by atoms with Gasteiger partial charge in [-0.1, -0.05) is 32.6 Å². The molecule has 0 aliphatic rings. The molecule has 34 heavy (non-hydrogen) atoms. The first-order valence-corrected chi connectivity index (χ1v) is 12.0. The largest absolute Gasteiger partial charge is 0.372 e. The fourth-order valence-electron chi connectivity index (χ4n) is 3.63. The van der Waals surface area contributed by atoms with Gasteiger partial charge in [-0.3, -0.25) is 14.9 Å². The lowest BCUT2D eigenvalue weighted by Gasteiger charge is -2.24. The average Bonchev–Trinajstić information content (AvgIpc) is 2.82. The van der Waals surface area contributed by atoms with E-state index in [2.05, 4.69) is 67.8 Å². The molecule has 0 unspecified atom stereocenters. The summed E-state index contributed by atoms with van der Waals surface area (Å²) in [6.07, 6.45) is 7.04. The standard InChI is InChI=1S/C28H42N4O2/c1-9-15-32(12-4)25-14-13-21(5)26(17-25)27(28(34)30-20-33)18-29-23(7)16-22(6)24(10-2)19-31(8)11-3/h10,13-14,16-18,20,29H,2,9,11-12,15,19H2,1,3-8H3,(H,30,33,34)/b23-16+,24-22+,27-18-. The number of carbonyl (C=O) groups is 2. The number of hydrogen-bond acceptors (Lipinski definition) is 5. The van der Waals surface area contributed by atoms with Gasteiger partial charge in [-0.15, -0.1) is 0 Å². The van der Waals surface area contributed by atoms with E-state index in [9.17, 15) is 9.59 Å². The molecule has 2 N–H and O–H groups in total. The van der Waals surface area contributed by atoms with E-state index < -0.39 is 5.91 Å². The van der Waals surface area contributed by atoms with Gasteiger partial charge in [0.05, 0.1) is 5.57 Å². The van der Waals surface area contributed by atoms with E-state index in [-0.39, 0.29) is 0 Å². The number of aryl methyl sites for hydroxylation is 1. The van der Waals surface area contributed by atoms with Crippen molar-refractivity contribution in [1.82, 2.24) is 15.5 Å². The van der Waals surface area contributed by atoms with Crippen LogP contribution < -0.4 is 15.5 Å². The Hall–Kier alpha value is -3.12. The first-order valence-electron chi connectivity index (χ1n) is 12.0. The van der Waals surface area contributed by atoms with E-state index in [0.29, 0.717) is 12.0 Å². The Kier molecular flexibility index (Phi) is 12.7. The molecule has 1 rings (SSSR count). The monoisotopic (exact) mass is 466 g/mol. The van der Waals surface area contributed by atoms with Crippen molar-refractivity contribution in [3.8, 4) is 0 Å². The second-order valence-corrected chi connectivity index (χ2v) is 8.44. The minimum atomic E-state index is -0.447. The van der Waals surface area contributed by atoms with Crippen molar-refractivity contribution in [3.05, 3.63) is 71.1 Å². The van der Waals surface area contributed by atoms with Gasteiger partial charge in [0.25, 0.3) is 5.91 Å². The van der Waals surface area contributed by atoms with Crippen LogP contribution in [0.5, 0.6) is 0 Å². The molecular weight excluding hydrogens is 424 g/mol. The summed E-state index contributed by atoms with van der Waals surface area (Å²) in [4.78, 5) is 28.3. The predicted octanol–water partition coefficient (Wildman–Crippen LogP) is 4.79. The number of amides is 2. The zero-order valence-corrected chi connectivity index (χ0v) is 22.0. The van der Waals surface area contributed by atoms with E-state index in [1.807, 2.05) is 38.1 Å². The molecule has 0 aromatic heterocycles. The van der Waals surface area contributed by atoms with Crippen molar-refractivity contribution in [3.63, 3.8) is 0 Å². The summed E-state index contributed by atoms with van der Waals surface area (Å²) in [6, 6.07) is 6.11. The molecular formula is C28H42N4O2. The molecule has 6 nitrogen and oxygen atoms in total. The number of nitrogens with zero attached hydrogens (tertiary/aromatic N) is 2. The van der Waals surface area contributed by atoms with Crippen LogP contribution in [0.15, 0.2) is 60.0 Å². The van der Waals surface area contributed by atoms with Gasteiger partial charge in [-0.25, -0.2) is 0 Å². The summed E-state index contributed by atoms with van der Waals surface area (Å²) in [7, 11) is 2.07. The fraction of sp³-hybridized carbons (Fsp3) is 0.429. The smallest absolute Gasteiger partial charge is 0.259 e. The Balaban J connectivity index is 3.38. The third-order valence-electron chi connectivity index (χ3n) is 5.80. The number of nitrogens with one attached hydrogen (secondary N) is 2. The van der Waals surface area contributed by atoms with Crippen LogP contribution in [-0.2, 0) is 9.59 Å². The maximum Gasteiger partial charge on any atom is 0.259 e. The van der Waals surface area contributed by atoms with Crippen LogP contribution in [0.1, 0.15) is 52.2 Å². The summed E-state index contributed by atoms with van der Waals surface area (Å²) < 4.78 is 0. The van der Waals surface area contributed by atoms with Crippen molar-refractivity contribution in [1.29, 1.82) is 0 Å². The third-order valence-corrected chi connectivity index (χ3v) is 5.80. The van der Waals surface area contributed by atoms with Crippen molar-refractivity contribution >= 4 is 23.6 Å². The summed E-state index contributed by atoms with van der Waals surface area (Å²) >= 11 is 0. The van der Waals surface area contributed by atoms with E-state index in [4.69, 9.17) is 0 Å². The highest BCUT2D eigenvalue weighted by atomic mass is 16.2. The van der Waals surface area contributed by atoms with Crippen molar-refractivity contribution in [2.75, 3.05) is 38.1 Å². The number of benzene rings is 1. The molecule has 0 saturated carbocycles. The van der Waals surface area contributed by atoms with Gasteiger partial charge in [0.1, 0.15) is 0 Å². The maximum absolute atomic E-state index is 12.8. The van der Waals surface area contributed by atoms with Crippen LogP contribution in [0.2, 0.25) is 0 Å². The zero-order chi connectivity index (χ0) is 25.7. The predicted molar refractivity (Wildman–Crippen MR) is 145 cm³/mol. The molecule has 0 heterocycles. The van der Waals surface area contributed by atoms with Crippen molar-refractivity contribution in [2.24, 2.45) is 0 Å². The number of likely N-dealkylation sites (N-methyl/N-ethyl adjacent to an activating group) is 1. The van der Waals surface area contributed by atoms with Gasteiger partial charge in [-0.2, -0.15) is 0 Å². The van der Waals surface area contributed by atoms with E-state index in [0.717, 1.165) is 66.3 Å². The van der Waals surface area contributed by atoms with Crippen LogP contribution >= 0.6 is 0 Å². The first-order chi connectivity index (χ1) is 16.2. The van der Waals surface area contributed by atoms with Gasteiger partial charge < -0.3 is 15.1 Å². The Bertz CT molecular complexity index is 944. The lowest BCUT2D eigenvalue weighted by atomic mass is 9.99. The minimum Gasteiger partial charge on any atom is -0.372 e. The van der Waals surface area contributed by atoms with E-state index in [1.54, 1.807) is 6.20 Å². The second kappa shape index (κ2) is 14.9. The number of allylic oxidation sites excluding steroid dienone is 3. The second-order valence-electron chi connectivity index (χ2n) is 8.44. The molecule has 0 fully saturated rings. The van der Waals surface area contributed by atoms with Gasteiger partial charge in [0.2, 0.25) is 6.41 Å². The van der Waals surface area contributed by atoms with E-state index >= 15 is 0 Å². The fourth-order valence-corrected chi connectivity index (χ4v) is 3.63. The lowest BCUT2D eigenvalue weighted by molar-refractivity contribution is -0.121. The number of anilines is 1. The van der Waals surface area contributed by atoms with Crippen LogP contribution in [0.25, 0.3) is 5.57 Å². The quantitative estimate of drug-likeness (QED) is 0.234. The summed E-state index contributed by atoms with van der Waals surface area (Å²) in [5.41, 5.74) is 6.33. The molecule has 0 aliphatic heterocycles. The third kappa shape index (κ3) is 8.67. The van der Waals surface area contributed by atoms with Crippen LogP contribution in [0, 0.1) is 6.92 Å². The van der Waals surface area contributed by atoms with Gasteiger partial charge in [-0.05, 0) is 88.2 Å². The SMILES string of the molecule is C=C/C(CN(C)CC)=C(C)\C=C(/C)N/C=C(\C(=O)NC=O)c1cc(N(CC)CCC)ccc1C. The molecule has 1 aromatic carbocycles. The van der Waals surface area contributed by atoms with Gasteiger partial charge >= 0.3 is 0 Å². The molecule has 186 valence electrons. The van der Waals surface area contributed by atoms with E-state index in [1.165, 1.54) is 0 Å². The molecule has 0 saturated heterocycles. The molecule has 0 spiro atoms. The van der Waals surface area contributed by atoms with Crippen LogP contribution in [-0.4, -0.2) is 50.4 Å². The Morgan fingerprint density at radius 3 is 2.38 bits per heavy atom. The van der Waals surface area contributed by atoms with Crippen LogP contribution in [0.4, 0.5) is 5.69 Å². The van der Waals surface area contributed by atoms with Gasteiger partial charge in [0, 0.05) is 37.2 Å². The number of imide groups is 1. The molecule has 0 aliphatic carbocycles. The molecule has 0 bridgehead atoms. The number of rotatable bonds is 14. The molecule has 2 amide bonds. The zero-order valence-electron chi connectivity index (χ0n) is 22.0. The van der Waals surface area contributed by atoms with Crippen LogP contribution in [0.3, 0.4) is 0 Å². The average molecular weight is 467 g/mol.